The number of benzene rings is 2. The van der Waals surface area contributed by atoms with E-state index in [4.69, 9.17) is 9.26 Å². The number of nitrogens with zero attached hydrogens (tertiary/aromatic N) is 1. The van der Waals surface area contributed by atoms with Crippen molar-refractivity contribution in [3.05, 3.63) is 71.5 Å². The number of ether oxygens (including phenoxy) is 1. The molecule has 7 heteroatoms. The molecule has 0 fully saturated rings. The van der Waals surface area contributed by atoms with Crippen LogP contribution in [-0.4, -0.2) is 20.7 Å². The van der Waals surface area contributed by atoms with Gasteiger partial charge < -0.3 is 9.26 Å². The molecule has 1 N–H and O–H groups in total. The molecule has 1 aromatic heterocycles. The first kappa shape index (κ1) is 26.5. The van der Waals surface area contributed by atoms with Crippen LogP contribution < -0.4 is 9.46 Å². The third-order valence-electron chi connectivity index (χ3n) is 6.49. The molecule has 1 atom stereocenters. The normalized spacial score (nSPS) is 12.4. The minimum absolute atomic E-state index is 0.0492. The molecular formula is C28H36N2O4S. The van der Waals surface area contributed by atoms with E-state index in [-0.39, 0.29) is 16.6 Å². The highest BCUT2D eigenvalue weighted by atomic mass is 32.2. The first-order valence-electron chi connectivity index (χ1n) is 12.1. The molecule has 3 aromatic rings. The predicted molar refractivity (Wildman–Crippen MR) is 142 cm³/mol. The Kier molecular flexibility index (Phi) is 8.78. The van der Waals surface area contributed by atoms with E-state index >= 15 is 0 Å². The SMILES string of the molecule is C=CC(CCCCCC)c1cc(-c2ccccc2)c(S(=O)(=O)Nc2noc(C)c2C)c(C)c1OC. The van der Waals surface area contributed by atoms with Crippen molar-refractivity contribution in [2.24, 2.45) is 0 Å². The fourth-order valence-corrected chi connectivity index (χ4v) is 5.92. The Balaban J connectivity index is 2.20. The molecule has 0 amide bonds. The molecule has 0 saturated heterocycles. The maximum Gasteiger partial charge on any atom is 0.264 e. The van der Waals surface area contributed by atoms with Crippen LogP contribution in [0.15, 0.2) is 58.5 Å². The molecule has 0 aliphatic heterocycles. The summed E-state index contributed by atoms with van der Waals surface area (Å²) in [6.07, 6.45) is 7.45. The van der Waals surface area contributed by atoms with Gasteiger partial charge in [0.2, 0.25) is 0 Å². The molecule has 1 unspecified atom stereocenters. The van der Waals surface area contributed by atoms with Gasteiger partial charge in [-0.25, -0.2) is 8.42 Å². The number of hydrogen-bond acceptors (Lipinski definition) is 5. The summed E-state index contributed by atoms with van der Waals surface area (Å²) in [4.78, 5) is 0.165. The number of sulfonamides is 1. The maximum absolute atomic E-state index is 13.8. The van der Waals surface area contributed by atoms with Gasteiger partial charge in [-0.1, -0.05) is 74.2 Å². The molecule has 0 saturated carbocycles. The van der Waals surface area contributed by atoms with Gasteiger partial charge >= 0.3 is 0 Å². The number of unbranched alkanes of at least 4 members (excludes halogenated alkanes) is 3. The molecule has 0 bridgehead atoms. The number of aryl methyl sites for hydroxylation is 1. The highest BCUT2D eigenvalue weighted by molar-refractivity contribution is 7.93. The minimum Gasteiger partial charge on any atom is -0.496 e. The number of nitrogens with one attached hydrogen (secondary N) is 1. The summed E-state index contributed by atoms with van der Waals surface area (Å²) in [5.41, 5.74) is 3.57. The van der Waals surface area contributed by atoms with Gasteiger partial charge in [0.05, 0.1) is 7.11 Å². The summed E-state index contributed by atoms with van der Waals surface area (Å²) < 4.78 is 41.2. The molecule has 188 valence electrons. The summed E-state index contributed by atoms with van der Waals surface area (Å²) in [6.45, 7) is 11.6. The van der Waals surface area contributed by atoms with Crippen molar-refractivity contribution in [2.75, 3.05) is 11.8 Å². The third-order valence-corrected chi connectivity index (χ3v) is 8.01. The van der Waals surface area contributed by atoms with Gasteiger partial charge in [-0.05, 0) is 38.8 Å². The Hall–Kier alpha value is -3.06. The van der Waals surface area contributed by atoms with Crippen LogP contribution in [0.2, 0.25) is 0 Å². The number of methoxy groups -OCH3 is 1. The maximum atomic E-state index is 13.8. The van der Waals surface area contributed by atoms with E-state index in [1.807, 2.05) is 42.5 Å². The highest BCUT2D eigenvalue weighted by Crippen LogP contribution is 2.43. The number of aromatic nitrogens is 1. The highest BCUT2D eigenvalue weighted by Gasteiger charge is 2.29. The fourth-order valence-electron chi connectivity index (χ4n) is 4.42. The van der Waals surface area contributed by atoms with Gasteiger partial charge in [0.15, 0.2) is 5.82 Å². The first-order chi connectivity index (χ1) is 16.7. The molecular weight excluding hydrogens is 460 g/mol. The van der Waals surface area contributed by atoms with Crippen molar-refractivity contribution in [3.8, 4) is 16.9 Å². The van der Waals surface area contributed by atoms with Crippen molar-refractivity contribution in [1.82, 2.24) is 5.16 Å². The van der Waals surface area contributed by atoms with Crippen LogP contribution in [0.1, 0.15) is 67.4 Å². The van der Waals surface area contributed by atoms with Gasteiger partial charge in [0, 0.05) is 28.2 Å². The topological polar surface area (TPSA) is 81.4 Å². The van der Waals surface area contributed by atoms with E-state index in [1.54, 1.807) is 27.9 Å². The summed E-state index contributed by atoms with van der Waals surface area (Å²) in [6, 6.07) is 11.5. The average molecular weight is 497 g/mol. The van der Waals surface area contributed by atoms with E-state index in [0.717, 1.165) is 30.4 Å². The van der Waals surface area contributed by atoms with Crippen molar-refractivity contribution in [2.45, 2.75) is 70.6 Å². The van der Waals surface area contributed by atoms with Crippen LogP contribution >= 0.6 is 0 Å². The quantitative estimate of drug-likeness (QED) is 0.210. The molecule has 0 aliphatic rings. The third kappa shape index (κ3) is 5.78. The van der Waals surface area contributed by atoms with Crippen molar-refractivity contribution >= 4 is 15.8 Å². The smallest absolute Gasteiger partial charge is 0.264 e. The fraction of sp³-hybridized carbons (Fsp3) is 0.393. The Morgan fingerprint density at radius 1 is 1.11 bits per heavy atom. The van der Waals surface area contributed by atoms with Crippen LogP contribution in [0.25, 0.3) is 11.1 Å². The van der Waals surface area contributed by atoms with E-state index in [1.165, 1.54) is 12.8 Å². The summed E-state index contributed by atoms with van der Waals surface area (Å²) in [5, 5.41) is 3.90. The van der Waals surface area contributed by atoms with E-state index < -0.39 is 10.0 Å². The van der Waals surface area contributed by atoms with Crippen molar-refractivity contribution in [3.63, 3.8) is 0 Å². The molecule has 6 nitrogen and oxygen atoms in total. The lowest BCUT2D eigenvalue weighted by Gasteiger charge is -2.23. The average Bonchev–Trinajstić information content (AvgIpc) is 3.15. The Morgan fingerprint density at radius 2 is 1.83 bits per heavy atom. The summed E-state index contributed by atoms with van der Waals surface area (Å²) >= 11 is 0. The number of hydrogen-bond donors (Lipinski definition) is 1. The van der Waals surface area contributed by atoms with Crippen LogP contribution in [0.4, 0.5) is 5.82 Å². The lowest BCUT2D eigenvalue weighted by molar-refractivity contribution is 0.399. The standard InChI is InChI=1S/C28H36N2O4S/c1-7-9-10-12-15-22(8-2)24-18-25(23-16-13-11-14-17-23)27(20(4)26(24)33-6)35(31,32)30-28-19(3)21(5)34-29-28/h8,11,13-14,16-18,22H,2,7,9-10,12,15H2,1,3-6H3,(H,29,30). The Labute approximate surface area is 209 Å². The lowest BCUT2D eigenvalue weighted by atomic mass is 9.88. The van der Waals surface area contributed by atoms with Gasteiger partial charge in [0.25, 0.3) is 10.0 Å². The van der Waals surface area contributed by atoms with Gasteiger partial charge in [0.1, 0.15) is 16.4 Å². The zero-order chi connectivity index (χ0) is 25.6. The molecule has 0 radical (unpaired) electrons. The zero-order valence-corrected chi connectivity index (χ0v) is 22.2. The lowest BCUT2D eigenvalue weighted by Crippen LogP contribution is -2.18. The predicted octanol–water partition coefficient (Wildman–Crippen LogP) is 7.32. The van der Waals surface area contributed by atoms with Gasteiger partial charge in [-0.3, -0.25) is 4.72 Å². The van der Waals surface area contributed by atoms with Crippen LogP contribution in [0.3, 0.4) is 0 Å². The van der Waals surface area contributed by atoms with E-state index in [9.17, 15) is 8.42 Å². The van der Waals surface area contributed by atoms with E-state index in [2.05, 4.69) is 23.4 Å². The minimum atomic E-state index is -4.02. The molecule has 0 spiro atoms. The van der Waals surface area contributed by atoms with Crippen LogP contribution in [-0.2, 0) is 10.0 Å². The molecule has 3 rings (SSSR count). The van der Waals surface area contributed by atoms with Gasteiger partial charge in [-0.2, -0.15) is 0 Å². The largest absolute Gasteiger partial charge is 0.496 e. The molecule has 0 aliphatic carbocycles. The Morgan fingerprint density at radius 3 is 2.40 bits per heavy atom. The summed E-state index contributed by atoms with van der Waals surface area (Å²) in [7, 11) is -2.43. The number of rotatable bonds is 12. The van der Waals surface area contributed by atoms with Crippen molar-refractivity contribution < 1.29 is 17.7 Å². The molecule has 2 aromatic carbocycles. The Bertz CT molecular complexity index is 1260. The van der Waals surface area contributed by atoms with Crippen LogP contribution in [0.5, 0.6) is 5.75 Å². The second kappa shape index (κ2) is 11.6. The molecule has 35 heavy (non-hydrogen) atoms. The van der Waals surface area contributed by atoms with Crippen LogP contribution in [0, 0.1) is 20.8 Å². The van der Waals surface area contributed by atoms with Crippen molar-refractivity contribution in [1.29, 1.82) is 0 Å². The monoisotopic (exact) mass is 496 g/mol. The zero-order valence-electron chi connectivity index (χ0n) is 21.3. The number of anilines is 1. The summed E-state index contributed by atoms with van der Waals surface area (Å²) in [5.74, 6) is 1.36. The number of allylic oxidation sites excluding steroid dienone is 1. The second-order valence-corrected chi connectivity index (χ2v) is 10.5. The van der Waals surface area contributed by atoms with E-state index in [0.29, 0.717) is 28.2 Å². The first-order valence-corrected chi connectivity index (χ1v) is 13.6. The molecule has 1 heterocycles. The van der Waals surface area contributed by atoms with Gasteiger partial charge in [-0.15, -0.1) is 6.58 Å². The second-order valence-electron chi connectivity index (χ2n) is 8.88.